The van der Waals surface area contributed by atoms with Crippen molar-refractivity contribution < 1.29 is 13.2 Å². The average molecular weight is 435 g/mol. The number of sulfonamides is 1. The van der Waals surface area contributed by atoms with Crippen LogP contribution in [0.1, 0.15) is 46.8 Å². The molecule has 1 fully saturated rings. The van der Waals surface area contributed by atoms with Crippen molar-refractivity contribution in [1.82, 2.24) is 9.62 Å². The highest BCUT2D eigenvalue weighted by Crippen LogP contribution is 2.24. The Morgan fingerprint density at radius 1 is 0.774 bits per heavy atom. The van der Waals surface area contributed by atoms with Crippen LogP contribution in [0.5, 0.6) is 0 Å². The molecule has 1 amide bonds. The van der Waals surface area contributed by atoms with E-state index in [1.807, 2.05) is 60.7 Å². The van der Waals surface area contributed by atoms with Crippen molar-refractivity contribution in [3.63, 3.8) is 0 Å². The normalized spacial score (nSPS) is 15.0. The largest absolute Gasteiger partial charge is 0.341 e. The van der Waals surface area contributed by atoms with Crippen molar-refractivity contribution in [1.29, 1.82) is 0 Å². The van der Waals surface area contributed by atoms with E-state index in [1.165, 1.54) is 10.4 Å². The lowest BCUT2D eigenvalue weighted by atomic mass is 9.98. The number of carbonyl (C=O) groups is 1. The molecule has 0 spiro atoms. The van der Waals surface area contributed by atoms with Crippen molar-refractivity contribution in [2.24, 2.45) is 0 Å². The van der Waals surface area contributed by atoms with Gasteiger partial charge >= 0.3 is 0 Å². The predicted octanol–water partition coefficient (Wildman–Crippen LogP) is 4.38. The molecule has 0 atom stereocenters. The second-order valence-electron chi connectivity index (χ2n) is 7.72. The van der Waals surface area contributed by atoms with Crippen LogP contribution in [0.4, 0.5) is 0 Å². The van der Waals surface area contributed by atoms with Crippen LogP contribution < -0.4 is 5.32 Å². The standard InChI is InChI=1S/C25H26N2O3S/c28-25(26-24(20-11-4-1-5-12-20)21-13-6-2-7-14-21)22-15-10-16-23(19-22)31(29,30)27-17-8-3-9-18-27/h1-2,4-7,10-16,19,24H,3,8-9,17-18H2,(H,26,28). The smallest absolute Gasteiger partial charge is 0.252 e. The first kappa shape index (κ1) is 21.3. The molecule has 3 aromatic carbocycles. The third kappa shape index (κ3) is 4.86. The summed E-state index contributed by atoms with van der Waals surface area (Å²) in [6.45, 7) is 1.06. The van der Waals surface area contributed by atoms with Gasteiger partial charge in [0, 0.05) is 18.7 Å². The molecule has 1 N–H and O–H groups in total. The molecular formula is C25H26N2O3S. The zero-order valence-electron chi connectivity index (χ0n) is 17.3. The molecule has 0 saturated carbocycles. The van der Waals surface area contributed by atoms with Gasteiger partial charge < -0.3 is 5.32 Å². The second-order valence-corrected chi connectivity index (χ2v) is 9.66. The molecule has 3 aromatic rings. The van der Waals surface area contributed by atoms with E-state index in [4.69, 9.17) is 0 Å². The van der Waals surface area contributed by atoms with Gasteiger partial charge in [-0.1, -0.05) is 73.2 Å². The van der Waals surface area contributed by atoms with Crippen molar-refractivity contribution in [3.05, 3.63) is 102 Å². The first-order valence-corrected chi connectivity index (χ1v) is 12.0. The number of piperidine rings is 1. The molecule has 1 heterocycles. The van der Waals surface area contributed by atoms with Crippen LogP contribution in [-0.2, 0) is 10.0 Å². The minimum absolute atomic E-state index is 0.165. The topological polar surface area (TPSA) is 66.5 Å². The van der Waals surface area contributed by atoms with E-state index in [0.29, 0.717) is 18.7 Å². The van der Waals surface area contributed by atoms with Gasteiger partial charge in [0.1, 0.15) is 0 Å². The second kappa shape index (κ2) is 9.45. The van der Waals surface area contributed by atoms with Crippen LogP contribution in [0.25, 0.3) is 0 Å². The summed E-state index contributed by atoms with van der Waals surface area (Å²) in [6, 6.07) is 25.5. The van der Waals surface area contributed by atoms with Gasteiger partial charge in [0.2, 0.25) is 10.0 Å². The lowest BCUT2D eigenvalue weighted by molar-refractivity contribution is 0.0942. The minimum Gasteiger partial charge on any atom is -0.341 e. The van der Waals surface area contributed by atoms with Crippen LogP contribution in [0, 0.1) is 0 Å². The van der Waals surface area contributed by atoms with E-state index in [9.17, 15) is 13.2 Å². The first-order valence-electron chi connectivity index (χ1n) is 10.6. The Bertz CT molecular complexity index is 1090. The summed E-state index contributed by atoms with van der Waals surface area (Å²) >= 11 is 0. The number of carbonyl (C=O) groups excluding carboxylic acids is 1. The maximum atomic E-state index is 13.1. The molecule has 4 rings (SSSR count). The predicted molar refractivity (Wildman–Crippen MR) is 121 cm³/mol. The molecule has 0 aromatic heterocycles. The summed E-state index contributed by atoms with van der Waals surface area (Å²) < 4.78 is 27.6. The quantitative estimate of drug-likeness (QED) is 0.626. The van der Waals surface area contributed by atoms with E-state index >= 15 is 0 Å². The number of benzene rings is 3. The lowest BCUT2D eigenvalue weighted by Crippen LogP contribution is -2.35. The number of nitrogens with one attached hydrogen (secondary N) is 1. The van der Waals surface area contributed by atoms with Crippen molar-refractivity contribution >= 4 is 15.9 Å². The number of rotatable bonds is 6. The fourth-order valence-electron chi connectivity index (χ4n) is 3.92. The molecule has 0 aliphatic carbocycles. The summed E-state index contributed by atoms with van der Waals surface area (Å²) in [5.41, 5.74) is 2.24. The van der Waals surface area contributed by atoms with Gasteiger partial charge in [-0.05, 0) is 42.2 Å². The lowest BCUT2D eigenvalue weighted by Gasteiger charge is -2.26. The SMILES string of the molecule is O=C(NC(c1ccccc1)c1ccccc1)c1cccc(S(=O)(=O)N2CCCCC2)c1. The maximum absolute atomic E-state index is 13.1. The summed E-state index contributed by atoms with van der Waals surface area (Å²) in [4.78, 5) is 13.3. The number of hydrogen-bond acceptors (Lipinski definition) is 3. The van der Waals surface area contributed by atoms with E-state index in [2.05, 4.69) is 5.32 Å². The monoisotopic (exact) mass is 434 g/mol. The Kier molecular flexibility index (Phi) is 6.49. The van der Waals surface area contributed by atoms with Crippen molar-refractivity contribution in [2.45, 2.75) is 30.2 Å². The summed E-state index contributed by atoms with van der Waals surface area (Å²) in [7, 11) is -3.60. The van der Waals surface area contributed by atoms with Gasteiger partial charge in [-0.3, -0.25) is 4.79 Å². The molecule has 1 aliphatic heterocycles. The summed E-state index contributed by atoms with van der Waals surface area (Å²) in [5.74, 6) is -0.312. The van der Waals surface area contributed by atoms with E-state index in [-0.39, 0.29) is 16.8 Å². The fourth-order valence-corrected chi connectivity index (χ4v) is 5.48. The van der Waals surface area contributed by atoms with Gasteiger partial charge in [0.25, 0.3) is 5.91 Å². The molecule has 0 bridgehead atoms. The first-order chi connectivity index (χ1) is 15.1. The van der Waals surface area contributed by atoms with Crippen LogP contribution in [0.3, 0.4) is 0 Å². The summed E-state index contributed by atoms with van der Waals surface area (Å²) in [5, 5.41) is 3.08. The molecule has 1 aliphatic rings. The van der Waals surface area contributed by atoms with Gasteiger partial charge in [0.15, 0.2) is 0 Å². The third-order valence-corrected chi connectivity index (χ3v) is 7.48. The summed E-state index contributed by atoms with van der Waals surface area (Å²) in [6.07, 6.45) is 2.79. The number of nitrogens with zero attached hydrogens (tertiary/aromatic N) is 1. The Morgan fingerprint density at radius 3 is 1.94 bits per heavy atom. The minimum atomic E-state index is -3.60. The zero-order valence-corrected chi connectivity index (χ0v) is 18.1. The third-order valence-electron chi connectivity index (χ3n) is 5.59. The molecule has 5 nitrogen and oxygen atoms in total. The molecular weight excluding hydrogens is 408 g/mol. The average Bonchev–Trinajstić information content (AvgIpc) is 2.84. The molecule has 31 heavy (non-hydrogen) atoms. The van der Waals surface area contributed by atoms with Crippen molar-refractivity contribution in [3.8, 4) is 0 Å². The Balaban J connectivity index is 1.61. The van der Waals surface area contributed by atoms with Gasteiger partial charge in [-0.2, -0.15) is 4.31 Å². The van der Waals surface area contributed by atoms with Gasteiger partial charge in [0.05, 0.1) is 10.9 Å². The Labute approximate surface area is 183 Å². The van der Waals surface area contributed by atoms with Crippen LogP contribution in [0.2, 0.25) is 0 Å². The van der Waals surface area contributed by atoms with Crippen LogP contribution in [0.15, 0.2) is 89.8 Å². The Morgan fingerprint density at radius 2 is 1.35 bits per heavy atom. The highest BCUT2D eigenvalue weighted by molar-refractivity contribution is 7.89. The molecule has 1 saturated heterocycles. The highest BCUT2D eigenvalue weighted by Gasteiger charge is 2.27. The van der Waals surface area contributed by atoms with Crippen LogP contribution >= 0.6 is 0 Å². The number of amides is 1. The molecule has 0 radical (unpaired) electrons. The zero-order chi connectivity index (χ0) is 21.7. The van der Waals surface area contributed by atoms with Crippen molar-refractivity contribution in [2.75, 3.05) is 13.1 Å². The fraction of sp³-hybridized carbons (Fsp3) is 0.240. The number of hydrogen-bond donors (Lipinski definition) is 1. The highest BCUT2D eigenvalue weighted by atomic mass is 32.2. The molecule has 160 valence electrons. The van der Waals surface area contributed by atoms with E-state index in [0.717, 1.165) is 30.4 Å². The van der Waals surface area contributed by atoms with E-state index < -0.39 is 10.0 Å². The van der Waals surface area contributed by atoms with Gasteiger partial charge in [-0.15, -0.1) is 0 Å². The maximum Gasteiger partial charge on any atom is 0.252 e. The Hall–Kier alpha value is -2.96. The molecule has 0 unspecified atom stereocenters. The van der Waals surface area contributed by atoms with E-state index in [1.54, 1.807) is 18.2 Å². The van der Waals surface area contributed by atoms with Gasteiger partial charge in [-0.25, -0.2) is 8.42 Å². The van der Waals surface area contributed by atoms with Crippen LogP contribution in [-0.4, -0.2) is 31.7 Å². The molecule has 6 heteroatoms.